The molecule has 5 nitrogen and oxygen atoms in total. The zero-order chi connectivity index (χ0) is 15.8. The second-order valence-electron chi connectivity index (χ2n) is 4.64. The van der Waals surface area contributed by atoms with Gasteiger partial charge >= 0.3 is 5.97 Å². The Kier molecular flexibility index (Phi) is 7.08. The smallest absolute Gasteiger partial charge is 0.326 e. The van der Waals surface area contributed by atoms with Gasteiger partial charge in [0, 0.05) is 5.75 Å². The number of carboxylic acid groups (broad SMARTS) is 1. The van der Waals surface area contributed by atoms with Crippen molar-refractivity contribution in [2.45, 2.75) is 44.0 Å². The van der Waals surface area contributed by atoms with Crippen LogP contribution in [0, 0.1) is 0 Å². The van der Waals surface area contributed by atoms with Gasteiger partial charge in [-0.3, -0.25) is 9.00 Å². The van der Waals surface area contributed by atoms with E-state index in [-0.39, 0.29) is 5.56 Å². The molecule has 0 heterocycles. The Hall–Kier alpha value is -1.69. The van der Waals surface area contributed by atoms with Gasteiger partial charge in [-0.25, -0.2) is 4.79 Å². The Morgan fingerprint density at radius 3 is 2.52 bits per heavy atom. The van der Waals surface area contributed by atoms with Gasteiger partial charge in [-0.15, -0.1) is 0 Å². The second kappa shape index (κ2) is 8.56. The minimum Gasteiger partial charge on any atom is -0.480 e. The summed E-state index contributed by atoms with van der Waals surface area (Å²) in [6.07, 6.45) is 1.96. The zero-order valence-corrected chi connectivity index (χ0v) is 13.1. The summed E-state index contributed by atoms with van der Waals surface area (Å²) in [4.78, 5) is 23.9. The molecule has 6 heteroatoms. The maximum atomic E-state index is 12.3. The second-order valence-corrected chi connectivity index (χ2v) is 6.35. The third-order valence-corrected chi connectivity index (χ3v) is 4.46. The van der Waals surface area contributed by atoms with Crippen LogP contribution in [0.5, 0.6) is 0 Å². The molecule has 21 heavy (non-hydrogen) atoms. The molecule has 1 amide bonds. The minimum absolute atomic E-state index is 0.278. The van der Waals surface area contributed by atoms with Crippen LogP contribution in [-0.2, 0) is 15.6 Å². The first-order chi connectivity index (χ1) is 10.0. The van der Waals surface area contributed by atoms with E-state index in [9.17, 15) is 13.8 Å². The van der Waals surface area contributed by atoms with Crippen molar-refractivity contribution in [3.63, 3.8) is 0 Å². The molecule has 0 saturated carbocycles. The quantitative estimate of drug-likeness (QED) is 0.771. The molecule has 1 aromatic rings. The largest absolute Gasteiger partial charge is 0.480 e. The van der Waals surface area contributed by atoms with Crippen LogP contribution in [0.3, 0.4) is 0 Å². The highest BCUT2D eigenvalue weighted by Crippen LogP contribution is 2.14. The van der Waals surface area contributed by atoms with Crippen LogP contribution in [0.15, 0.2) is 29.2 Å². The maximum absolute atomic E-state index is 12.3. The molecule has 0 aliphatic rings. The van der Waals surface area contributed by atoms with Crippen LogP contribution in [0.2, 0.25) is 0 Å². The van der Waals surface area contributed by atoms with E-state index >= 15 is 0 Å². The van der Waals surface area contributed by atoms with Crippen molar-refractivity contribution in [2.75, 3.05) is 5.75 Å². The van der Waals surface area contributed by atoms with Crippen LogP contribution in [0.4, 0.5) is 0 Å². The van der Waals surface area contributed by atoms with Gasteiger partial charge in [0.05, 0.1) is 21.3 Å². The number of amides is 1. The molecular weight excluding hydrogens is 290 g/mol. The number of hydrogen-bond acceptors (Lipinski definition) is 3. The van der Waals surface area contributed by atoms with Crippen LogP contribution < -0.4 is 5.32 Å². The molecule has 0 aliphatic heterocycles. The maximum Gasteiger partial charge on any atom is 0.326 e. The Morgan fingerprint density at radius 1 is 1.29 bits per heavy atom. The van der Waals surface area contributed by atoms with Crippen LogP contribution in [0.1, 0.15) is 43.5 Å². The summed E-state index contributed by atoms with van der Waals surface area (Å²) in [6, 6.07) is 5.67. The average molecular weight is 311 g/mol. The Morgan fingerprint density at radius 2 is 1.95 bits per heavy atom. The average Bonchev–Trinajstić information content (AvgIpc) is 2.50. The van der Waals surface area contributed by atoms with Crippen molar-refractivity contribution in [3.05, 3.63) is 29.8 Å². The number of unbranched alkanes of at least 4 members (excludes halogenated alkanes) is 1. The van der Waals surface area contributed by atoms with Gasteiger partial charge in [0.15, 0.2) is 0 Å². The van der Waals surface area contributed by atoms with Crippen LogP contribution in [-0.4, -0.2) is 33.0 Å². The molecule has 0 bridgehead atoms. The molecule has 0 aliphatic carbocycles. The first-order valence-corrected chi connectivity index (χ1v) is 8.34. The van der Waals surface area contributed by atoms with Crippen molar-refractivity contribution < 1.29 is 18.9 Å². The van der Waals surface area contributed by atoms with Gasteiger partial charge < -0.3 is 10.4 Å². The molecular formula is C15H21NO4S. The molecule has 0 aromatic heterocycles. The van der Waals surface area contributed by atoms with Gasteiger partial charge in [0.25, 0.3) is 5.91 Å². The van der Waals surface area contributed by atoms with Crippen molar-refractivity contribution in [3.8, 4) is 0 Å². The number of carbonyl (C=O) groups is 2. The Labute approximate surface area is 127 Å². The van der Waals surface area contributed by atoms with Crippen molar-refractivity contribution in [1.29, 1.82) is 0 Å². The van der Waals surface area contributed by atoms with E-state index in [4.69, 9.17) is 5.11 Å². The molecule has 0 saturated heterocycles. The third kappa shape index (κ3) is 4.97. The van der Waals surface area contributed by atoms with Gasteiger partial charge in [-0.1, -0.05) is 38.8 Å². The molecule has 116 valence electrons. The lowest BCUT2D eigenvalue weighted by Crippen LogP contribution is -2.41. The number of nitrogens with one attached hydrogen (secondary N) is 1. The zero-order valence-electron chi connectivity index (χ0n) is 12.3. The van der Waals surface area contributed by atoms with E-state index in [0.29, 0.717) is 17.1 Å². The van der Waals surface area contributed by atoms with Crippen molar-refractivity contribution in [2.24, 2.45) is 0 Å². The fourth-order valence-corrected chi connectivity index (χ4v) is 2.86. The van der Waals surface area contributed by atoms with Crippen molar-refractivity contribution >= 4 is 22.7 Å². The highest BCUT2D eigenvalue weighted by atomic mass is 32.2. The van der Waals surface area contributed by atoms with E-state index in [1.165, 1.54) is 0 Å². The first kappa shape index (κ1) is 17.4. The molecule has 0 radical (unpaired) electrons. The number of hydrogen-bond donors (Lipinski definition) is 2. The lowest BCUT2D eigenvalue weighted by Gasteiger charge is -2.15. The summed E-state index contributed by atoms with van der Waals surface area (Å²) in [7, 11) is -1.26. The molecule has 1 aromatic carbocycles. The highest BCUT2D eigenvalue weighted by molar-refractivity contribution is 7.85. The molecule has 1 unspecified atom stereocenters. The molecule has 2 atom stereocenters. The topological polar surface area (TPSA) is 83.5 Å². The highest BCUT2D eigenvalue weighted by Gasteiger charge is 2.22. The monoisotopic (exact) mass is 311 g/mol. The lowest BCUT2D eigenvalue weighted by molar-refractivity contribution is -0.139. The van der Waals surface area contributed by atoms with Gasteiger partial charge in [0.1, 0.15) is 6.04 Å². The normalized spacial score (nSPS) is 13.4. The third-order valence-electron chi connectivity index (χ3n) is 3.09. The molecule has 1 rings (SSSR count). The molecule has 2 N–H and O–H groups in total. The van der Waals surface area contributed by atoms with E-state index in [1.807, 2.05) is 6.92 Å². The molecule has 0 spiro atoms. The van der Waals surface area contributed by atoms with E-state index in [0.717, 1.165) is 12.8 Å². The summed E-state index contributed by atoms with van der Waals surface area (Å²) in [6.45, 7) is 3.73. The fourth-order valence-electron chi connectivity index (χ4n) is 1.91. The van der Waals surface area contributed by atoms with Crippen LogP contribution >= 0.6 is 0 Å². The summed E-state index contributed by atoms with van der Waals surface area (Å²) in [5.41, 5.74) is 0.278. The number of aliphatic carboxylic acids is 1. The minimum atomic E-state index is -1.26. The number of carboxylic acids is 1. The Balaban J connectivity index is 2.92. The van der Waals surface area contributed by atoms with Crippen molar-refractivity contribution in [1.82, 2.24) is 5.32 Å². The van der Waals surface area contributed by atoms with Gasteiger partial charge in [-0.2, -0.15) is 0 Å². The predicted octanol–water partition coefficient (Wildman–Crippen LogP) is 2.19. The van der Waals surface area contributed by atoms with Crippen LogP contribution in [0.25, 0.3) is 0 Å². The summed E-state index contributed by atoms with van der Waals surface area (Å²) >= 11 is 0. The fraction of sp³-hybridized carbons (Fsp3) is 0.467. The van der Waals surface area contributed by atoms with E-state index in [2.05, 4.69) is 5.32 Å². The summed E-state index contributed by atoms with van der Waals surface area (Å²) in [5, 5.41) is 11.7. The first-order valence-electron chi connectivity index (χ1n) is 7.02. The number of carbonyl (C=O) groups excluding carboxylic acids is 1. The van der Waals surface area contributed by atoms with E-state index in [1.54, 1.807) is 31.2 Å². The summed E-state index contributed by atoms with van der Waals surface area (Å²) < 4.78 is 11.9. The lowest BCUT2D eigenvalue weighted by atomic mass is 10.1. The standard InChI is InChI=1S/C15H21NO4S/c1-3-5-9-12(15(18)19)16-14(17)11-8-6-7-10-13(11)21(20)4-2/h6-8,10,12H,3-5,9H2,1-2H3,(H,16,17)(H,18,19)/t12-,21?/m0/s1. The molecule has 0 fully saturated rings. The Bertz CT molecular complexity index is 530. The van der Waals surface area contributed by atoms with Gasteiger partial charge in [0.2, 0.25) is 0 Å². The predicted molar refractivity (Wildman–Crippen MR) is 81.8 cm³/mol. The summed E-state index contributed by atoms with van der Waals surface area (Å²) in [5.74, 6) is -1.13. The number of rotatable bonds is 8. The van der Waals surface area contributed by atoms with Gasteiger partial charge in [-0.05, 0) is 18.6 Å². The SMILES string of the molecule is CCCC[C@H](NC(=O)c1ccccc1S(=O)CC)C(=O)O. The number of benzene rings is 1. The van der Waals surface area contributed by atoms with E-state index < -0.39 is 28.7 Å².